The van der Waals surface area contributed by atoms with E-state index in [4.69, 9.17) is 14.6 Å². The number of rotatable bonds is 7. The molecule has 3 rings (SSSR count). The van der Waals surface area contributed by atoms with E-state index >= 15 is 0 Å². The van der Waals surface area contributed by atoms with Crippen molar-refractivity contribution >= 4 is 5.91 Å². The zero-order chi connectivity index (χ0) is 18.5. The van der Waals surface area contributed by atoms with Gasteiger partial charge in [0.2, 0.25) is 0 Å². The summed E-state index contributed by atoms with van der Waals surface area (Å²) < 4.78 is 12.8. The number of carbonyl (C=O) groups excluding carboxylic acids is 1. The summed E-state index contributed by atoms with van der Waals surface area (Å²) in [4.78, 5) is 12.4. The predicted octanol–water partition coefficient (Wildman–Crippen LogP) is 2.19. The minimum atomic E-state index is -0.0410. The third kappa shape index (κ3) is 4.31. The van der Waals surface area contributed by atoms with Crippen molar-refractivity contribution in [1.82, 2.24) is 15.1 Å². The number of hydrogen-bond donors (Lipinski definition) is 1. The fourth-order valence-corrected chi connectivity index (χ4v) is 3.44. The molecule has 26 heavy (non-hydrogen) atoms. The molecule has 1 N–H and O–H groups in total. The number of nitrogens with one attached hydrogen (secondary N) is 1. The van der Waals surface area contributed by atoms with Gasteiger partial charge in [-0.15, -0.1) is 0 Å². The van der Waals surface area contributed by atoms with Gasteiger partial charge in [-0.1, -0.05) is 17.2 Å². The van der Waals surface area contributed by atoms with Crippen LogP contribution in [0.15, 0.2) is 18.2 Å². The Kier molecular flexibility index (Phi) is 6.06. The zero-order valence-corrected chi connectivity index (χ0v) is 15.8. The van der Waals surface area contributed by atoms with Gasteiger partial charge in [0.25, 0.3) is 5.91 Å². The quantitative estimate of drug-likeness (QED) is 0.825. The Labute approximate surface area is 154 Å². The van der Waals surface area contributed by atoms with Crippen LogP contribution in [0.2, 0.25) is 0 Å². The minimum Gasteiger partial charge on any atom is -0.383 e. The standard InChI is InChI=1S/C20H27N3O3/c1-14-10-15(2)12-16(11-14)20(24)21-6-4-18-17-13-26-8-5-19(17)23(22-18)7-9-25-3/h10-12H,4-9,13H2,1-3H3,(H,21,24). The molecule has 1 aliphatic rings. The second-order valence-electron chi connectivity index (χ2n) is 6.77. The van der Waals surface area contributed by atoms with Crippen molar-refractivity contribution in [1.29, 1.82) is 0 Å². The van der Waals surface area contributed by atoms with Crippen LogP contribution >= 0.6 is 0 Å². The Morgan fingerprint density at radius 2 is 2.08 bits per heavy atom. The van der Waals surface area contributed by atoms with Crippen molar-refractivity contribution in [2.45, 2.75) is 39.8 Å². The summed E-state index contributed by atoms with van der Waals surface area (Å²) in [7, 11) is 1.70. The van der Waals surface area contributed by atoms with E-state index in [-0.39, 0.29) is 5.91 Å². The van der Waals surface area contributed by atoms with Gasteiger partial charge in [-0.25, -0.2) is 0 Å². The van der Waals surface area contributed by atoms with Crippen LogP contribution < -0.4 is 5.32 Å². The third-order valence-corrected chi connectivity index (χ3v) is 4.62. The molecular formula is C20H27N3O3. The summed E-state index contributed by atoms with van der Waals surface area (Å²) in [5.74, 6) is -0.0410. The fraction of sp³-hybridized carbons (Fsp3) is 0.500. The average molecular weight is 357 g/mol. The molecule has 0 atom stereocenters. The van der Waals surface area contributed by atoms with Gasteiger partial charge in [-0.05, 0) is 26.0 Å². The minimum absolute atomic E-state index is 0.0410. The Balaban J connectivity index is 1.64. The normalized spacial score (nSPS) is 13.5. The van der Waals surface area contributed by atoms with Gasteiger partial charge < -0.3 is 14.8 Å². The van der Waals surface area contributed by atoms with Crippen molar-refractivity contribution in [3.8, 4) is 0 Å². The topological polar surface area (TPSA) is 65.4 Å². The number of amides is 1. The predicted molar refractivity (Wildman–Crippen MR) is 99.4 cm³/mol. The summed E-state index contributed by atoms with van der Waals surface area (Å²) in [5, 5.41) is 7.74. The summed E-state index contributed by atoms with van der Waals surface area (Å²) >= 11 is 0. The number of methoxy groups -OCH3 is 1. The maximum Gasteiger partial charge on any atom is 0.251 e. The molecule has 6 nitrogen and oxygen atoms in total. The lowest BCUT2D eigenvalue weighted by atomic mass is 10.1. The van der Waals surface area contributed by atoms with Crippen molar-refractivity contribution in [2.75, 3.05) is 26.9 Å². The first-order valence-electron chi connectivity index (χ1n) is 9.09. The number of ether oxygens (including phenoxy) is 2. The highest BCUT2D eigenvalue weighted by atomic mass is 16.5. The first-order chi connectivity index (χ1) is 12.6. The van der Waals surface area contributed by atoms with E-state index in [1.165, 1.54) is 11.3 Å². The van der Waals surface area contributed by atoms with Gasteiger partial charge in [0, 0.05) is 43.3 Å². The average Bonchev–Trinajstić information content (AvgIpc) is 2.97. The van der Waals surface area contributed by atoms with Gasteiger partial charge in [0.05, 0.1) is 32.1 Å². The molecule has 2 aromatic rings. The third-order valence-electron chi connectivity index (χ3n) is 4.62. The van der Waals surface area contributed by atoms with Crippen molar-refractivity contribution in [2.24, 2.45) is 0 Å². The van der Waals surface area contributed by atoms with Gasteiger partial charge in [-0.3, -0.25) is 9.48 Å². The molecule has 0 spiro atoms. The molecule has 140 valence electrons. The molecule has 0 saturated carbocycles. The van der Waals surface area contributed by atoms with Crippen molar-refractivity contribution in [3.63, 3.8) is 0 Å². The Bertz CT molecular complexity index is 763. The molecule has 1 aromatic heterocycles. The lowest BCUT2D eigenvalue weighted by Crippen LogP contribution is -2.26. The molecule has 0 bridgehead atoms. The molecule has 0 aliphatic carbocycles. The highest BCUT2D eigenvalue weighted by Crippen LogP contribution is 2.21. The molecule has 6 heteroatoms. The lowest BCUT2D eigenvalue weighted by Gasteiger charge is -2.15. The number of fused-ring (bicyclic) bond motifs is 1. The smallest absolute Gasteiger partial charge is 0.251 e. The van der Waals surface area contributed by atoms with E-state index < -0.39 is 0 Å². The molecule has 0 saturated heterocycles. The summed E-state index contributed by atoms with van der Waals surface area (Å²) in [6.45, 7) is 7.27. The van der Waals surface area contributed by atoms with E-state index in [1.807, 2.05) is 30.7 Å². The Hall–Kier alpha value is -2.18. The zero-order valence-electron chi connectivity index (χ0n) is 15.8. The number of hydrogen-bond acceptors (Lipinski definition) is 4. The first-order valence-corrected chi connectivity index (χ1v) is 9.09. The second kappa shape index (κ2) is 8.47. The van der Waals surface area contributed by atoms with Crippen LogP contribution in [-0.4, -0.2) is 42.6 Å². The van der Waals surface area contributed by atoms with E-state index in [0.29, 0.717) is 31.7 Å². The molecule has 2 heterocycles. The maximum atomic E-state index is 12.4. The molecule has 1 aliphatic heterocycles. The number of nitrogens with zero attached hydrogens (tertiary/aromatic N) is 2. The Morgan fingerprint density at radius 1 is 1.31 bits per heavy atom. The lowest BCUT2D eigenvalue weighted by molar-refractivity contribution is 0.0953. The largest absolute Gasteiger partial charge is 0.383 e. The SMILES string of the molecule is COCCn1nc(CCNC(=O)c2cc(C)cc(C)c2)c2c1CCOC2. The van der Waals surface area contributed by atoms with Crippen LogP contribution in [0.5, 0.6) is 0 Å². The van der Waals surface area contributed by atoms with E-state index in [0.717, 1.165) is 36.4 Å². The summed E-state index contributed by atoms with van der Waals surface area (Å²) in [5.41, 5.74) is 6.32. The fourth-order valence-electron chi connectivity index (χ4n) is 3.44. The number of benzene rings is 1. The van der Waals surface area contributed by atoms with Gasteiger partial charge >= 0.3 is 0 Å². The molecule has 0 fully saturated rings. The number of aromatic nitrogens is 2. The van der Waals surface area contributed by atoms with Crippen LogP contribution in [0.25, 0.3) is 0 Å². The summed E-state index contributed by atoms with van der Waals surface area (Å²) in [6.07, 6.45) is 1.57. The molecule has 1 aromatic carbocycles. The highest BCUT2D eigenvalue weighted by Gasteiger charge is 2.21. The number of aryl methyl sites for hydroxylation is 2. The van der Waals surface area contributed by atoms with Crippen molar-refractivity contribution in [3.05, 3.63) is 51.8 Å². The maximum absolute atomic E-state index is 12.4. The second-order valence-corrected chi connectivity index (χ2v) is 6.77. The van der Waals surface area contributed by atoms with Gasteiger partial charge in [0.1, 0.15) is 0 Å². The highest BCUT2D eigenvalue weighted by molar-refractivity contribution is 5.94. The van der Waals surface area contributed by atoms with Crippen LogP contribution in [0.4, 0.5) is 0 Å². The van der Waals surface area contributed by atoms with Gasteiger partial charge in [0.15, 0.2) is 0 Å². The van der Waals surface area contributed by atoms with Crippen molar-refractivity contribution < 1.29 is 14.3 Å². The molecular weight excluding hydrogens is 330 g/mol. The molecule has 0 radical (unpaired) electrons. The van der Waals surface area contributed by atoms with E-state index in [2.05, 4.69) is 11.4 Å². The summed E-state index contributed by atoms with van der Waals surface area (Å²) in [6, 6.07) is 5.89. The number of carbonyl (C=O) groups is 1. The van der Waals surface area contributed by atoms with Crippen LogP contribution in [0, 0.1) is 13.8 Å². The van der Waals surface area contributed by atoms with Crippen LogP contribution in [0.1, 0.15) is 38.4 Å². The first kappa shape index (κ1) is 18.6. The van der Waals surface area contributed by atoms with Crippen LogP contribution in [-0.2, 0) is 35.5 Å². The Morgan fingerprint density at radius 3 is 2.81 bits per heavy atom. The van der Waals surface area contributed by atoms with Crippen LogP contribution in [0.3, 0.4) is 0 Å². The van der Waals surface area contributed by atoms with E-state index in [1.54, 1.807) is 7.11 Å². The van der Waals surface area contributed by atoms with E-state index in [9.17, 15) is 4.79 Å². The molecule has 0 unspecified atom stereocenters. The van der Waals surface area contributed by atoms with Gasteiger partial charge in [-0.2, -0.15) is 5.10 Å². The monoisotopic (exact) mass is 357 g/mol. The molecule has 1 amide bonds.